The van der Waals surface area contributed by atoms with Crippen molar-refractivity contribution in [2.45, 2.75) is 27.2 Å². The van der Waals surface area contributed by atoms with Crippen LogP contribution in [0.15, 0.2) is 18.7 Å². The van der Waals surface area contributed by atoms with Gasteiger partial charge in [-0.15, -0.1) is 12.3 Å². The van der Waals surface area contributed by atoms with E-state index >= 15 is 0 Å². The molecule has 0 unspecified atom stereocenters. The number of phenols is 1. The number of hydrogen-bond donors (Lipinski definition) is 2. The Bertz CT molecular complexity index is 413. The van der Waals surface area contributed by atoms with Crippen molar-refractivity contribution >= 4 is 11.3 Å². The molecule has 0 saturated carbocycles. The zero-order chi connectivity index (χ0) is 12.7. The lowest BCUT2D eigenvalue weighted by atomic mass is 10.0. The average Bonchev–Trinajstić information content (AvgIpc) is 2.23. The number of terminal acetylenes is 1. The Balaban J connectivity index is 0.000000673. The molecule has 0 fully saturated rings. The van der Waals surface area contributed by atoms with Crippen LogP contribution in [0.3, 0.4) is 0 Å². The highest BCUT2D eigenvalue weighted by Crippen LogP contribution is 2.31. The fourth-order valence-corrected chi connectivity index (χ4v) is 1.27. The van der Waals surface area contributed by atoms with Gasteiger partial charge in [-0.1, -0.05) is 13.5 Å². The summed E-state index contributed by atoms with van der Waals surface area (Å²) in [5.74, 6) is 2.54. The van der Waals surface area contributed by atoms with Crippen molar-refractivity contribution in [2.24, 2.45) is 0 Å². The zero-order valence-corrected chi connectivity index (χ0v) is 10.2. The van der Waals surface area contributed by atoms with Crippen molar-refractivity contribution in [3.63, 3.8) is 0 Å². The van der Waals surface area contributed by atoms with E-state index < -0.39 is 0 Å². The summed E-state index contributed by atoms with van der Waals surface area (Å²) in [5.41, 5.74) is 8.81. The van der Waals surface area contributed by atoms with Crippen LogP contribution in [0.25, 0.3) is 5.57 Å². The molecular formula is C14H19NO. The molecule has 3 N–H and O–H groups in total. The molecular weight excluding hydrogens is 198 g/mol. The summed E-state index contributed by atoms with van der Waals surface area (Å²) in [6, 6.07) is 3.51. The van der Waals surface area contributed by atoms with E-state index in [4.69, 9.17) is 5.73 Å². The van der Waals surface area contributed by atoms with Crippen LogP contribution in [-0.2, 0) is 0 Å². The van der Waals surface area contributed by atoms with Gasteiger partial charge in [0.15, 0.2) is 0 Å². The summed E-state index contributed by atoms with van der Waals surface area (Å²) in [6.45, 7) is 9.36. The number of nitrogens with two attached hydrogens (primary N) is 1. The van der Waals surface area contributed by atoms with Crippen molar-refractivity contribution < 1.29 is 5.11 Å². The van der Waals surface area contributed by atoms with Gasteiger partial charge in [-0.05, 0) is 43.5 Å². The van der Waals surface area contributed by atoms with Crippen LogP contribution in [0.1, 0.15) is 31.4 Å². The summed E-state index contributed by atoms with van der Waals surface area (Å²) in [4.78, 5) is 0. The maximum Gasteiger partial charge on any atom is 0.126 e. The quantitative estimate of drug-likeness (QED) is 0.453. The van der Waals surface area contributed by atoms with Crippen LogP contribution >= 0.6 is 0 Å². The van der Waals surface area contributed by atoms with E-state index in [-0.39, 0.29) is 0 Å². The molecule has 16 heavy (non-hydrogen) atoms. The minimum Gasteiger partial charge on any atom is -0.507 e. The lowest BCUT2D eigenvalue weighted by Crippen LogP contribution is -1.91. The van der Waals surface area contributed by atoms with Crippen LogP contribution < -0.4 is 5.73 Å². The number of phenolic OH excluding ortho intramolecular Hbond substituents is 1. The van der Waals surface area contributed by atoms with Gasteiger partial charge >= 0.3 is 0 Å². The Morgan fingerprint density at radius 1 is 1.56 bits per heavy atom. The molecule has 0 amide bonds. The van der Waals surface area contributed by atoms with E-state index in [1.165, 1.54) is 0 Å². The smallest absolute Gasteiger partial charge is 0.126 e. The van der Waals surface area contributed by atoms with Gasteiger partial charge in [-0.25, -0.2) is 0 Å². The zero-order valence-electron chi connectivity index (χ0n) is 10.2. The second-order valence-corrected chi connectivity index (χ2v) is 3.48. The van der Waals surface area contributed by atoms with Crippen molar-refractivity contribution in [3.05, 3.63) is 29.8 Å². The van der Waals surface area contributed by atoms with E-state index in [0.717, 1.165) is 23.1 Å². The van der Waals surface area contributed by atoms with Gasteiger partial charge in [0.05, 0.1) is 0 Å². The number of aromatic hydroxyl groups is 1. The molecule has 2 heteroatoms. The standard InChI is InChI=1S/C11H15NO.C3H4/c1-4-7(2)10-6-9(12)5-8(3)11(10)13;1-3-2/h5-6,13H,2,4,12H2,1,3H3;1H,2H3. The Morgan fingerprint density at radius 3 is 2.50 bits per heavy atom. The summed E-state index contributed by atoms with van der Waals surface area (Å²) < 4.78 is 0. The number of rotatable bonds is 2. The fourth-order valence-electron chi connectivity index (χ4n) is 1.27. The lowest BCUT2D eigenvalue weighted by molar-refractivity contribution is 0.469. The highest BCUT2D eigenvalue weighted by atomic mass is 16.3. The largest absolute Gasteiger partial charge is 0.507 e. The van der Waals surface area contributed by atoms with Crippen molar-refractivity contribution in [3.8, 4) is 18.1 Å². The molecule has 1 aromatic carbocycles. The SMILES string of the molecule is C#CC.C=C(CC)c1cc(N)cc(C)c1O. The summed E-state index contributed by atoms with van der Waals surface area (Å²) in [5, 5.41) is 9.71. The highest BCUT2D eigenvalue weighted by Gasteiger charge is 2.07. The number of anilines is 1. The number of benzene rings is 1. The minimum absolute atomic E-state index is 0.293. The predicted molar refractivity (Wildman–Crippen MR) is 71.1 cm³/mol. The molecule has 0 atom stereocenters. The maximum atomic E-state index is 9.71. The number of nitrogen functional groups attached to an aromatic ring is 1. The monoisotopic (exact) mass is 217 g/mol. The van der Waals surface area contributed by atoms with Crippen molar-refractivity contribution in [2.75, 3.05) is 5.73 Å². The van der Waals surface area contributed by atoms with Gasteiger partial charge < -0.3 is 10.8 Å². The van der Waals surface area contributed by atoms with Crippen LogP contribution in [0, 0.1) is 19.3 Å². The predicted octanol–water partition coefficient (Wildman–Crippen LogP) is 3.35. The molecule has 0 saturated heterocycles. The Hall–Kier alpha value is -1.88. The van der Waals surface area contributed by atoms with E-state index in [9.17, 15) is 5.11 Å². The maximum absolute atomic E-state index is 9.71. The summed E-state index contributed by atoms with van der Waals surface area (Å²) in [6.07, 6.45) is 5.41. The van der Waals surface area contributed by atoms with Crippen LogP contribution in [0.2, 0.25) is 0 Å². The molecule has 2 nitrogen and oxygen atoms in total. The Morgan fingerprint density at radius 2 is 2.06 bits per heavy atom. The Labute approximate surface area is 97.8 Å². The van der Waals surface area contributed by atoms with Crippen LogP contribution in [0.4, 0.5) is 5.69 Å². The third-order valence-corrected chi connectivity index (χ3v) is 2.13. The lowest BCUT2D eigenvalue weighted by Gasteiger charge is -2.09. The molecule has 0 aliphatic carbocycles. The summed E-state index contributed by atoms with van der Waals surface area (Å²) in [7, 11) is 0. The molecule has 0 aliphatic heterocycles. The third kappa shape index (κ3) is 3.70. The molecule has 0 bridgehead atoms. The van der Waals surface area contributed by atoms with Crippen molar-refractivity contribution in [1.82, 2.24) is 0 Å². The molecule has 1 rings (SSSR count). The molecule has 0 spiro atoms. The second kappa shape index (κ2) is 6.58. The molecule has 0 radical (unpaired) electrons. The van der Waals surface area contributed by atoms with Gasteiger partial charge in [0.2, 0.25) is 0 Å². The van der Waals surface area contributed by atoms with Crippen molar-refractivity contribution in [1.29, 1.82) is 0 Å². The molecule has 86 valence electrons. The number of allylic oxidation sites excluding steroid dienone is 1. The minimum atomic E-state index is 0.293. The first kappa shape index (κ1) is 14.1. The van der Waals surface area contributed by atoms with Gasteiger partial charge in [0, 0.05) is 11.3 Å². The van der Waals surface area contributed by atoms with E-state index in [0.29, 0.717) is 11.4 Å². The van der Waals surface area contributed by atoms with Gasteiger partial charge in [0.25, 0.3) is 0 Å². The van der Waals surface area contributed by atoms with Crippen LogP contribution in [0.5, 0.6) is 5.75 Å². The van der Waals surface area contributed by atoms with Crippen LogP contribution in [-0.4, -0.2) is 5.11 Å². The molecule has 0 heterocycles. The number of hydrogen-bond acceptors (Lipinski definition) is 2. The van der Waals surface area contributed by atoms with E-state index in [1.807, 2.05) is 13.8 Å². The van der Waals surface area contributed by atoms with E-state index in [1.54, 1.807) is 19.1 Å². The van der Waals surface area contributed by atoms with Gasteiger partial charge in [-0.3, -0.25) is 0 Å². The first-order valence-electron chi connectivity index (χ1n) is 5.12. The molecule has 0 aromatic heterocycles. The fraction of sp³-hybridized carbons (Fsp3) is 0.286. The highest BCUT2D eigenvalue weighted by molar-refractivity contribution is 5.72. The van der Waals surface area contributed by atoms with Gasteiger partial charge in [0.1, 0.15) is 5.75 Å². The topological polar surface area (TPSA) is 46.2 Å². The Kier molecular flexibility index (Phi) is 5.80. The average molecular weight is 217 g/mol. The van der Waals surface area contributed by atoms with E-state index in [2.05, 4.69) is 18.9 Å². The second-order valence-electron chi connectivity index (χ2n) is 3.48. The van der Waals surface area contributed by atoms with Gasteiger partial charge in [-0.2, -0.15) is 0 Å². The summed E-state index contributed by atoms with van der Waals surface area (Å²) >= 11 is 0. The first-order chi connectivity index (χ1) is 7.47. The molecule has 1 aromatic rings. The third-order valence-electron chi connectivity index (χ3n) is 2.13. The normalized spacial score (nSPS) is 8.62. The first-order valence-corrected chi connectivity index (χ1v) is 5.12. The molecule has 0 aliphatic rings. The number of aryl methyl sites for hydroxylation is 1.